The first kappa shape index (κ1) is 14.6. The van der Waals surface area contributed by atoms with Crippen LogP contribution >= 0.6 is 23.2 Å². The van der Waals surface area contributed by atoms with Crippen molar-refractivity contribution in [3.63, 3.8) is 0 Å². The van der Waals surface area contributed by atoms with Crippen LogP contribution in [0.2, 0.25) is 10.0 Å². The summed E-state index contributed by atoms with van der Waals surface area (Å²) in [5.41, 5.74) is 0. The lowest BCUT2D eigenvalue weighted by Gasteiger charge is -2.18. The van der Waals surface area contributed by atoms with E-state index < -0.39 is 0 Å². The van der Waals surface area contributed by atoms with Gasteiger partial charge in [0, 0.05) is 18.7 Å². The third kappa shape index (κ3) is 5.15. The van der Waals surface area contributed by atoms with Crippen LogP contribution in [-0.2, 0) is 0 Å². The second kappa shape index (κ2) is 7.10. The average molecular weight is 276 g/mol. The summed E-state index contributed by atoms with van der Waals surface area (Å²) in [4.78, 5) is 0. The fraction of sp³-hybridized carbons (Fsp3) is 0.538. The fourth-order valence-corrected chi connectivity index (χ4v) is 1.62. The van der Waals surface area contributed by atoms with Crippen molar-refractivity contribution in [1.82, 2.24) is 5.32 Å². The molecule has 4 heteroatoms. The number of benzene rings is 1. The number of ether oxygens (including phenoxy) is 1. The number of hydrogen-bond acceptors (Lipinski definition) is 2. The van der Waals surface area contributed by atoms with Crippen LogP contribution in [0.4, 0.5) is 0 Å². The van der Waals surface area contributed by atoms with Crippen molar-refractivity contribution in [2.45, 2.75) is 39.3 Å². The van der Waals surface area contributed by atoms with Crippen LogP contribution in [0.1, 0.15) is 27.2 Å². The van der Waals surface area contributed by atoms with Gasteiger partial charge in [-0.1, -0.05) is 30.1 Å². The molecular weight excluding hydrogens is 257 g/mol. The topological polar surface area (TPSA) is 21.3 Å². The lowest BCUT2D eigenvalue weighted by Crippen LogP contribution is -2.34. The number of hydrogen-bond donors (Lipinski definition) is 1. The molecule has 17 heavy (non-hydrogen) atoms. The summed E-state index contributed by atoms with van der Waals surface area (Å²) >= 11 is 11.8. The molecule has 2 unspecified atom stereocenters. The van der Waals surface area contributed by atoms with E-state index in [0.717, 1.165) is 18.7 Å². The molecular formula is C13H19Cl2NO. The minimum Gasteiger partial charge on any atom is -0.489 e. The van der Waals surface area contributed by atoms with Crippen LogP contribution in [0.15, 0.2) is 18.2 Å². The van der Waals surface area contributed by atoms with E-state index >= 15 is 0 Å². The Morgan fingerprint density at radius 2 is 1.94 bits per heavy atom. The molecule has 0 aliphatic heterocycles. The standard InChI is InChI=1S/C13H19Cl2NO/c1-4-9(2)16-8-10(3)17-11-5-6-12(14)13(15)7-11/h5-7,9-10,16H,4,8H2,1-3H3. The Kier molecular flexibility index (Phi) is 6.10. The van der Waals surface area contributed by atoms with E-state index in [1.165, 1.54) is 0 Å². The monoisotopic (exact) mass is 275 g/mol. The Morgan fingerprint density at radius 3 is 2.53 bits per heavy atom. The number of rotatable bonds is 6. The van der Waals surface area contributed by atoms with Gasteiger partial charge in [-0.25, -0.2) is 0 Å². The quantitative estimate of drug-likeness (QED) is 0.842. The largest absolute Gasteiger partial charge is 0.489 e. The van der Waals surface area contributed by atoms with E-state index in [2.05, 4.69) is 19.2 Å². The maximum absolute atomic E-state index is 5.92. The molecule has 2 nitrogen and oxygen atoms in total. The van der Waals surface area contributed by atoms with Crippen LogP contribution in [0.3, 0.4) is 0 Å². The summed E-state index contributed by atoms with van der Waals surface area (Å²) in [6, 6.07) is 5.82. The SMILES string of the molecule is CCC(C)NCC(C)Oc1ccc(Cl)c(Cl)c1. The maximum atomic E-state index is 5.92. The lowest BCUT2D eigenvalue weighted by molar-refractivity contribution is 0.212. The van der Waals surface area contributed by atoms with Crippen molar-refractivity contribution in [1.29, 1.82) is 0 Å². The van der Waals surface area contributed by atoms with E-state index in [-0.39, 0.29) is 6.10 Å². The Labute approximate surface area is 113 Å². The molecule has 0 radical (unpaired) electrons. The van der Waals surface area contributed by atoms with Gasteiger partial charge >= 0.3 is 0 Å². The molecule has 1 aromatic rings. The molecule has 0 aliphatic rings. The van der Waals surface area contributed by atoms with Gasteiger partial charge in [-0.15, -0.1) is 0 Å². The van der Waals surface area contributed by atoms with Crippen LogP contribution < -0.4 is 10.1 Å². The Hall–Kier alpha value is -0.440. The van der Waals surface area contributed by atoms with Gasteiger partial charge in [0.1, 0.15) is 11.9 Å². The number of halogens is 2. The summed E-state index contributed by atoms with van der Waals surface area (Å²) in [5, 5.41) is 4.46. The van der Waals surface area contributed by atoms with Crippen LogP contribution in [0, 0.1) is 0 Å². The summed E-state index contributed by atoms with van der Waals surface area (Å²) in [7, 11) is 0. The van der Waals surface area contributed by atoms with Gasteiger partial charge in [0.25, 0.3) is 0 Å². The van der Waals surface area contributed by atoms with Gasteiger partial charge in [-0.05, 0) is 32.4 Å². The van der Waals surface area contributed by atoms with E-state index in [9.17, 15) is 0 Å². The molecule has 1 N–H and O–H groups in total. The van der Waals surface area contributed by atoms with Crippen LogP contribution in [0.5, 0.6) is 5.75 Å². The van der Waals surface area contributed by atoms with Crippen molar-refractivity contribution in [2.75, 3.05) is 6.54 Å². The van der Waals surface area contributed by atoms with E-state index in [1.54, 1.807) is 12.1 Å². The summed E-state index contributed by atoms with van der Waals surface area (Å²) in [5.74, 6) is 0.748. The smallest absolute Gasteiger partial charge is 0.121 e. The Balaban J connectivity index is 2.44. The zero-order valence-corrected chi connectivity index (χ0v) is 12.0. The maximum Gasteiger partial charge on any atom is 0.121 e. The molecule has 1 rings (SSSR count). The minimum atomic E-state index is 0.0984. The molecule has 0 saturated heterocycles. The first-order chi connectivity index (χ1) is 8.02. The van der Waals surface area contributed by atoms with Crippen molar-refractivity contribution in [2.24, 2.45) is 0 Å². The summed E-state index contributed by atoms with van der Waals surface area (Å²) < 4.78 is 5.74. The zero-order valence-electron chi connectivity index (χ0n) is 10.5. The summed E-state index contributed by atoms with van der Waals surface area (Å²) in [6.07, 6.45) is 1.21. The molecule has 2 atom stereocenters. The fourth-order valence-electron chi connectivity index (χ4n) is 1.34. The normalized spacial score (nSPS) is 14.4. The van der Waals surface area contributed by atoms with Gasteiger partial charge < -0.3 is 10.1 Å². The molecule has 0 aliphatic carbocycles. The van der Waals surface area contributed by atoms with Gasteiger partial charge in [0.15, 0.2) is 0 Å². The Bertz CT molecular complexity index is 357. The highest BCUT2D eigenvalue weighted by molar-refractivity contribution is 6.42. The second-order valence-corrected chi connectivity index (χ2v) is 5.04. The molecule has 96 valence electrons. The van der Waals surface area contributed by atoms with Crippen LogP contribution in [0.25, 0.3) is 0 Å². The molecule has 0 spiro atoms. The third-order valence-electron chi connectivity index (χ3n) is 2.59. The van der Waals surface area contributed by atoms with Crippen molar-refractivity contribution in [3.05, 3.63) is 28.2 Å². The van der Waals surface area contributed by atoms with E-state index in [0.29, 0.717) is 16.1 Å². The van der Waals surface area contributed by atoms with Gasteiger partial charge in [-0.2, -0.15) is 0 Å². The molecule has 0 aromatic heterocycles. The van der Waals surface area contributed by atoms with Crippen molar-refractivity contribution in [3.8, 4) is 5.75 Å². The van der Waals surface area contributed by atoms with Gasteiger partial charge in [0.05, 0.1) is 10.0 Å². The zero-order chi connectivity index (χ0) is 12.8. The predicted octanol–water partition coefficient (Wildman–Crippen LogP) is 4.15. The molecule has 1 aromatic carbocycles. The number of nitrogens with one attached hydrogen (secondary N) is 1. The predicted molar refractivity (Wildman–Crippen MR) is 74.3 cm³/mol. The average Bonchev–Trinajstić information content (AvgIpc) is 2.31. The second-order valence-electron chi connectivity index (χ2n) is 4.22. The molecule has 0 amide bonds. The molecule has 0 fully saturated rings. The first-order valence-corrected chi connectivity index (χ1v) is 6.63. The van der Waals surface area contributed by atoms with Crippen molar-refractivity contribution >= 4 is 23.2 Å². The molecule has 0 saturated carbocycles. The highest BCUT2D eigenvalue weighted by Crippen LogP contribution is 2.26. The first-order valence-electron chi connectivity index (χ1n) is 5.88. The highest BCUT2D eigenvalue weighted by Gasteiger charge is 2.07. The summed E-state index contributed by atoms with van der Waals surface area (Å²) in [6.45, 7) is 7.15. The van der Waals surface area contributed by atoms with Gasteiger partial charge in [0.2, 0.25) is 0 Å². The van der Waals surface area contributed by atoms with Crippen LogP contribution in [-0.4, -0.2) is 18.7 Å². The third-order valence-corrected chi connectivity index (χ3v) is 3.33. The lowest BCUT2D eigenvalue weighted by atomic mass is 10.2. The molecule has 0 bridgehead atoms. The molecule has 0 heterocycles. The van der Waals surface area contributed by atoms with E-state index in [1.807, 2.05) is 13.0 Å². The minimum absolute atomic E-state index is 0.0984. The van der Waals surface area contributed by atoms with Crippen molar-refractivity contribution < 1.29 is 4.74 Å². The Morgan fingerprint density at radius 1 is 1.24 bits per heavy atom. The van der Waals surface area contributed by atoms with E-state index in [4.69, 9.17) is 27.9 Å². The van der Waals surface area contributed by atoms with Gasteiger partial charge in [-0.3, -0.25) is 0 Å². The highest BCUT2D eigenvalue weighted by atomic mass is 35.5.